The summed E-state index contributed by atoms with van der Waals surface area (Å²) in [7, 11) is 0. The third-order valence-electron chi connectivity index (χ3n) is 2.53. The molecule has 1 rings (SSSR count). The first-order chi connectivity index (χ1) is 8.54. The molecule has 0 saturated carbocycles. The van der Waals surface area contributed by atoms with Crippen LogP contribution in [0.2, 0.25) is 0 Å². The Bertz CT molecular complexity index is 432. The molecule has 0 aliphatic heterocycles. The zero-order valence-corrected chi connectivity index (χ0v) is 10.6. The van der Waals surface area contributed by atoms with Crippen LogP contribution in [0.3, 0.4) is 0 Å². The molecule has 0 spiro atoms. The van der Waals surface area contributed by atoms with E-state index in [4.69, 9.17) is 5.11 Å². The molecule has 5 heteroatoms. The highest BCUT2D eigenvalue weighted by atomic mass is 16.4. The van der Waals surface area contributed by atoms with Gasteiger partial charge in [-0.05, 0) is 31.5 Å². The molecule has 0 aliphatic rings. The van der Waals surface area contributed by atoms with Crippen LogP contribution < -0.4 is 10.6 Å². The fourth-order valence-corrected chi connectivity index (χ4v) is 1.51. The number of carbonyl (C=O) groups is 2. The van der Waals surface area contributed by atoms with Gasteiger partial charge in [-0.25, -0.2) is 4.79 Å². The molecule has 0 heterocycles. The molecule has 0 bridgehead atoms. The summed E-state index contributed by atoms with van der Waals surface area (Å²) in [5.74, 6) is -1.01. The van der Waals surface area contributed by atoms with Crippen LogP contribution in [-0.2, 0) is 11.3 Å². The van der Waals surface area contributed by atoms with Crippen molar-refractivity contribution in [2.75, 3.05) is 6.54 Å². The maximum Gasteiger partial charge on any atom is 0.335 e. The number of hydrogen-bond acceptors (Lipinski definition) is 3. The quantitative estimate of drug-likeness (QED) is 0.703. The van der Waals surface area contributed by atoms with Crippen molar-refractivity contribution in [1.29, 1.82) is 0 Å². The molecule has 0 fully saturated rings. The van der Waals surface area contributed by atoms with Crippen LogP contribution in [0.1, 0.15) is 29.8 Å². The lowest BCUT2D eigenvalue weighted by Crippen LogP contribution is -2.41. The predicted octanol–water partition coefficient (Wildman–Crippen LogP) is 0.999. The topological polar surface area (TPSA) is 78.4 Å². The summed E-state index contributed by atoms with van der Waals surface area (Å²) in [6.07, 6.45) is 0. The van der Waals surface area contributed by atoms with Crippen LogP contribution >= 0.6 is 0 Å². The zero-order chi connectivity index (χ0) is 13.5. The zero-order valence-electron chi connectivity index (χ0n) is 10.6. The second-order valence-electron chi connectivity index (χ2n) is 4.00. The maximum atomic E-state index is 11.5. The summed E-state index contributed by atoms with van der Waals surface area (Å²) in [5, 5.41) is 14.6. The van der Waals surface area contributed by atoms with Gasteiger partial charge in [0.2, 0.25) is 5.91 Å². The number of carboxylic acids is 1. The van der Waals surface area contributed by atoms with Crippen molar-refractivity contribution in [3.8, 4) is 0 Å². The maximum absolute atomic E-state index is 11.5. The number of rotatable bonds is 6. The van der Waals surface area contributed by atoms with Gasteiger partial charge in [0.15, 0.2) is 0 Å². The largest absolute Gasteiger partial charge is 0.478 e. The number of amides is 1. The van der Waals surface area contributed by atoms with Crippen LogP contribution in [0.5, 0.6) is 0 Å². The summed E-state index contributed by atoms with van der Waals surface area (Å²) in [4.78, 5) is 22.3. The molecule has 0 radical (unpaired) electrons. The number of benzene rings is 1. The van der Waals surface area contributed by atoms with Crippen LogP contribution in [0, 0.1) is 0 Å². The van der Waals surface area contributed by atoms with E-state index in [1.165, 1.54) is 0 Å². The second-order valence-corrected chi connectivity index (χ2v) is 4.00. The number of carboxylic acid groups (broad SMARTS) is 1. The molecule has 1 aromatic carbocycles. The Morgan fingerprint density at radius 2 is 2.11 bits per heavy atom. The monoisotopic (exact) mass is 250 g/mol. The van der Waals surface area contributed by atoms with Gasteiger partial charge in [-0.3, -0.25) is 4.79 Å². The number of likely N-dealkylation sites (N-methyl/N-ethyl adjacent to an activating group) is 1. The predicted molar refractivity (Wildman–Crippen MR) is 68.4 cm³/mol. The molecule has 1 aromatic rings. The van der Waals surface area contributed by atoms with E-state index in [0.29, 0.717) is 13.1 Å². The molecule has 3 N–H and O–H groups in total. The van der Waals surface area contributed by atoms with Gasteiger partial charge < -0.3 is 15.7 Å². The molecular weight excluding hydrogens is 232 g/mol. The third-order valence-corrected chi connectivity index (χ3v) is 2.53. The summed E-state index contributed by atoms with van der Waals surface area (Å²) >= 11 is 0. The molecule has 5 nitrogen and oxygen atoms in total. The summed E-state index contributed by atoms with van der Waals surface area (Å²) in [6.45, 7) is 4.69. The van der Waals surface area contributed by atoms with Crippen molar-refractivity contribution in [3.05, 3.63) is 35.4 Å². The summed E-state index contributed by atoms with van der Waals surface area (Å²) < 4.78 is 0. The fourth-order valence-electron chi connectivity index (χ4n) is 1.51. The molecule has 1 unspecified atom stereocenters. The van der Waals surface area contributed by atoms with E-state index in [0.717, 1.165) is 5.56 Å². The standard InChI is InChI=1S/C13H18N2O3/c1-3-14-12(16)9(2)15-8-10-5-4-6-11(7-10)13(17)18/h4-7,9,15H,3,8H2,1-2H3,(H,14,16)(H,17,18). The van der Waals surface area contributed by atoms with Crippen LogP contribution in [0.25, 0.3) is 0 Å². The minimum absolute atomic E-state index is 0.0631. The average Bonchev–Trinajstić information content (AvgIpc) is 2.36. The molecule has 0 aliphatic carbocycles. The average molecular weight is 250 g/mol. The van der Waals surface area contributed by atoms with Crippen molar-refractivity contribution in [3.63, 3.8) is 0 Å². The molecule has 0 aromatic heterocycles. The van der Waals surface area contributed by atoms with E-state index in [2.05, 4.69) is 10.6 Å². The van der Waals surface area contributed by atoms with Gasteiger partial charge in [-0.15, -0.1) is 0 Å². The highest BCUT2D eigenvalue weighted by molar-refractivity contribution is 5.87. The van der Waals surface area contributed by atoms with Gasteiger partial charge in [0.25, 0.3) is 0 Å². The first-order valence-corrected chi connectivity index (χ1v) is 5.88. The highest BCUT2D eigenvalue weighted by Gasteiger charge is 2.11. The summed E-state index contributed by atoms with van der Waals surface area (Å²) in [5.41, 5.74) is 1.09. The van der Waals surface area contributed by atoms with E-state index in [-0.39, 0.29) is 17.5 Å². The van der Waals surface area contributed by atoms with E-state index < -0.39 is 5.97 Å². The van der Waals surface area contributed by atoms with Gasteiger partial charge in [0.05, 0.1) is 11.6 Å². The number of carbonyl (C=O) groups excluding carboxylic acids is 1. The lowest BCUT2D eigenvalue weighted by Gasteiger charge is -2.13. The Balaban J connectivity index is 2.55. The smallest absolute Gasteiger partial charge is 0.335 e. The van der Waals surface area contributed by atoms with Gasteiger partial charge >= 0.3 is 5.97 Å². The first-order valence-electron chi connectivity index (χ1n) is 5.88. The normalized spacial score (nSPS) is 11.9. The van der Waals surface area contributed by atoms with E-state index >= 15 is 0 Å². The lowest BCUT2D eigenvalue weighted by atomic mass is 10.1. The molecule has 18 heavy (non-hydrogen) atoms. The van der Waals surface area contributed by atoms with Crippen LogP contribution in [-0.4, -0.2) is 29.6 Å². The van der Waals surface area contributed by atoms with Crippen molar-refractivity contribution in [2.45, 2.75) is 26.4 Å². The molecular formula is C13H18N2O3. The van der Waals surface area contributed by atoms with Crippen molar-refractivity contribution in [2.24, 2.45) is 0 Å². The number of hydrogen-bond donors (Lipinski definition) is 3. The Morgan fingerprint density at radius 1 is 1.39 bits per heavy atom. The fraction of sp³-hybridized carbons (Fsp3) is 0.385. The number of nitrogens with one attached hydrogen (secondary N) is 2. The van der Waals surface area contributed by atoms with E-state index in [1.807, 2.05) is 13.0 Å². The van der Waals surface area contributed by atoms with Crippen molar-refractivity contribution < 1.29 is 14.7 Å². The van der Waals surface area contributed by atoms with E-state index in [9.17, 15) is 9.59 Å². The molecule has 0 saturated heterocycles. The van der Waals surface area contributed by atoms with Gasteiger partial charge in [0.1, 0.15) is 0 Å². The molecule has 1 amide bonds. The Morgan fingerprint density at radius 3 is 2.72 bits per heavy atom. The van der Waals surface area contributed by atoms with Gasteiger partial charge in [-0.1, -0.05) is 12.1 Å². The first kappa shape index (κ1) is 14.2. The minimum atomic E-state index is -0.950. The van der Waals surface area contributed by atoms with E-state index in [1.54, 1.807) is 25.1 Å². The van der Waals surface area contributed by atoms with Crippen LogP contribution in [0.4, 0.5) is 0 Å². The molecule has 1 atom stereocenters. The second kappa shape index (κ2) is 6.76. The summed E-state index contributed by atoms with van der Waals surface area (Å²) in [6, 6.07) is 6.35. The number of aromatic carboxylic acids is 1. The van der Waals surface area contributed by atoms with Crippen molar-refractivity contribution in [1.82, 2.24) is 10.6 Å². The Kier molecular flexibility index (Phi) is 5.32. The molecule has 98 valence electrons. The highest BCUT2D eigenvalue weighted by Crippen LogP contribution is 2.05. The lowest BCUT2D eigenvalue weighted by molar-refractivity contribution is -0.122. The van der Waals surface area contributed by atoms with Crippen LogP contribution in [0.15, 0.2) is 24.3 Å². The Labute approximate surface area is 106 Å². The van der Waals surface area contributed by atoms with Crippen molar-refractivity contribution >= 4 is 11.9 Å². The Hall–Kier alpha value is -1.88. The minimum Gasteiger partial charge on any atom is -0.478 e. The van der Waals surface area contributed by atoms with Gasteiger partial charge in [-0.2, -0.15) is 0 Å². The van der Waals surface area contributed by atoms with Gasteiger partial charge in [0, 0.05) is 13.1 Å². The third kappa shape index (κ3) is 4.18. The SMILES string of the molecule is CCNC(=O)C(C)NCc1cccc(C(=O)O)c1.